The number of halogens is 1. The Hall–Kier alpha value is -3.10. The average Bonchev–Trinajstić information content (AvgIpc) is 3.60. The van der Waals surface area contributed by atoms with Crippen LogP contribution in [0.5, 0.6) is 11.5 Å². The Bertz CT molecular complexity index is 1310. The summed E-state index contributed by atoms with van der Waals surface area (Å²) in [5, 5.41) is 37.5. The van der Waals surface area contributed by atoms with E-state index in [1.165, 1.54) is 25.0 Å². The van der Waals surface area contributed by atoms with E-state index in [1.54, 1.807) is 18.2 Å². The van der Waals surface area contributed by atoms with E-state index in [1.807, 2.05) is 6.07 Å². The topological polar surface area (TPSA) is 102 Å². The number of aliphatic hydroxyl groups excluding tert-OH is 1. The van der Waals surface area contributed by atoms with Gasteiger partial charge in [0.1, 0.15) is 11.6 Å². The smallest absolute Gasteiger partial charge is 0.251 e. The summed E-state index contributed by atoms with van der Waals surface area (Å²) in [6, 6.07) is 9.14. The average molecular weight is 493 g/mol. The molecule has 0 aromatic heterocycles. The van der Waals surface area contributed by atoms with Crippen LogP contribution in [0.15, 0.2) is 47.7 Å². The number of aromatic hydroxyl groups is 1. The minimum absolute atomic E-state index is 0.00564. The summed E-state index contributed by atoms with van der Waals surface area (Å²) in [7, 11) is 0. The standard InChI is InChI=1S/C28H29FN2O5/c29-18-6-3-15(4-7-18)13-30-26(34)19-12-28(35)21-11-17-5-8-20(32)24-22(17)27(28,25(36-24)23(19)33)9-10-31(21)14-16-1-2-16/h3-8,16,21,25,32-33,35H,1-2,9-14H2,(H,30,34)/t21-,25+,27+,28-/m1/s1. The van der Waals surface area contributed by atoms with Crippen LogP contribution in [-0.2, 0) is 23.2 Å². The summed E-state index contributed by atoms with van der Waals surface area (Å²) in [5.41, 5.74) is 0.372. The zero-order valence-corrected chi connectivity index (χ0v) is 19.8. The van der Waals surface area contributed by atoms with Crippen molar-refractivity contribution in [2.24, 2.45) is 5.92 Å². The normalized spacial score (nSPS) is 32.2. The predicted octanol–water partition coefficient (Wildman–Crippen LogP) is 2.83. The fraction of sp³-hybridized carbons (Fsp3) is 0.464. The number of nitrogens with one attached hydrogen (secondary N) is 1. The van der Waals surface area contributed by atoms with Crippen LogP contribution in [-0.4, -0.2) is 57.0 Å². The van der Waals surface area contributed by atoms with E-state index in [9.17, 15) is 24.5 Å². The Labute approximate surface area is 208 Å². The van der Waals surface area contributed by atoms with Gasteiger partial charge in [-0.05, 0) is 67.5 Å². The molecule has 0 radical (unpaired) electrons. The third kappa shape index (κ3) is 2.88. The number of carbonyl (C=O) groups excluding carboxylic acids is 1. The molecule has 5 aliphatic rings. The van der Waals surface area contributed by atoms with Crippen molar-refractivity contribution >= 4 is 5.91 Å². The van der Waals surface area contributed by atoms with Crippen LogP contribution in [0.1, 0.15) is 42.4 Å². The van der Waals surface area contributed by atoms with Crippen LogP contribution in [0.25, 0.3) is 0 Å². The van der Waals surface area contributed by atoms with Gasteiger partial charge in [0.25, 0.3) is 5.91 Å². The molecule has 1 spiro atoms. The molecule has 188 valence electrons. The molecule has 4 N–H and O–H groups in total. The van der Waals surface area contributed by atoms with Gasteiger partial charge in [-0.25, -0.2) is 4.39 Å². The number of hydrogen-bond acceptors (Lipinski definition) is 6. The molecular formula is C28H29FN2O5. The second-order valence-electron chi connectivity index (χ2n) is 11.1. The lowest BCUT2D eigenvalue weighted by molar-refractivity contribution is -0.172. The van der Waals surface area contributed by atoms with Crippen LogP contribution < -0.4 is 10.1 Å². The van der Waals surface area contributed by atoms with Gasteiger partial charge in [-0.15, -0.1) is 0 Å². The number of amides is 1. The van der Waals surface area contributed by atoms with Crippen molar-refractivity contribution in [2.45, 2.75) is 61.8 Å². The number of hydrogen-bond donors (Lipinski definition) is 4. The van der Waals surface area contributed by atoms with E-state index >= 15 is 0 Å². The largest absolute Gasteiger partial charge is 0.508 e. The van der Waals surface area contributed by atoms with Crippen molar-refractivity contribution in [3.63, 3.8) is 0 Å². The van der Waals surface area contributed by atoms with Gasteiger partial charge in [0, 0.05) is 31.1 Å². The highest BCUT2D eigenvalue weighted by atomic mass is 19.1. The van der Waals surface area contributed by atoms with Gasteiger partial charge in [-0.3, -0.25) is 9.69 Å². The summed E-state index contributed by atoms with van der Waals surface area (Å²) >= 11 is 0. The quantitative estimate of drug-likeness (QED) is 0.512. The fourth-order valence-electron chi connectivity index (χ4n) is 7.26. The summed E-state index contributed by atoms with van der Waals surface area (Å²) in [5.74, 6) is -0.0968. The molecule has 7 nitrogen and oxygen atoms in total. The molecule has 2 aromatic carbocycles. The van der Waals surface area contributed by atoms with Crippen LogP contribution in [0.3, 0.4) is 0 Å². The Morgan fingerprint density at radius 1 is 1.17 bits per heavy atom. The molecule has 2 aromatic rings. The highest BCUT2D eigenvalue weighted by Crippen LogP contribution is 2.66. The third-order valence-electron chi connectivity index (χ3n) is 9.16. The molecule has 2 fully saturated rings. The van der Waals surface area contributed by atoms with E-state index in [4.69, 9.17) is 4.74 Å². The molecule has 1 amide bonds. The summed E-state index contributed by atoms with van der Waals surface area (Å²) in [4.78, 5) is 15.7. The number of phenolic OH excluding ortho intramolecular Hbond substituents is 1. The number of nitrogens with zero attached hydrogens (tertiary/aromatic N) is 1. The lowest BCUT2D eigenvalue weighted by Gasteiger charge is -2.62. The minimum Gasteiger partial charge on any atom is -0.508 e. The first-order chi connectivity index (χ1) is 17.3. The number of aliphatic hydroxyl groups is 2. The number of benzene rings is 2. The van der Waals surface area contributed by atoms with Crippen molar-refractivity contribution in [3.05, 3.63) is 70.2 Å². The summed E-state index contributed by atoms with van der Waals surface area (Å²) < 4.78 is 19.5. The number of carbonyl (C=O) groups is 1. The molecular weight excluding hydrogens is 463 g/mol. The number of piperidine rings is 1. The fourth-order valence-corrected chi connectivity index (χ4v) is 7.26. The van der Waals surface area contributed by atoms with E-state index in [-0.39, 0.29) is 41.9 Å². The molecule has 3 aliphatic carbocycles. The molecule has 4 atom stereocenters. The zero-order chi connectivity index (χ0) is 24.8. The maximum Gasteiger partial charge on any atom is 0.251 e. The van der Waals surface area contributed by atoms with Crippen molar-refractivity contribution in [3.8, 4) is 11.5 Å². The van der Waals surface area contributed by atoms with Gasteiger partial charge < -0.3 is 25.4 Å². The Morgan fingerprint density at radius 2 is 1.94 bits per heavy atom. The SMILES string of the molecule is O=C(NCc1ccc(F)cc1)C1=C(O)[C@@H]2Oc3c(O)ccc4c3[C@@]23CCN(CC2CC2)[C@H](C4)[C@]3(O)C1. The Morgan fingerprint density at radius 3 is 2.69 bits per heavy atom. The van der Waals surface area contributed by atoms with Crippen LogP contribution in [0.2, 0.25) is 0 Å². The van der Waals surface area contributed by atoms with E-state index in [0.717, 1.165) is 29.8 Å². The second-order valence-corrected chi connectivity index (χ2v) is 11.1. The molecule has 8 heteroatoms. The monoisotopic (exact) mass is 492 g/mol. The van der Waals surface area contributed by atoms with Crippen molar-refractivity contribution < 1.29 is 29.2 Å². The molecule has 7 rings (SSSR count). The highest BCUT2D eigenvalue weighted by Gasteiger charge is 2.73. The molecule has 2 heterocycles. The first-order valence-electron chi connectivity index (χ1n) is 12.7. The lowest BCUT2D eigenvalue weighted by atomic mass is 9.49. The molecule has 1 saturated heterocycles. The van der Waals surface area contributed by atoms with E-state index in [0.29, 0.717) is 24.5 Å². The molecule has 0 unspecified atom stereocenters. The number of rotatable bonds is 5. The summed E-state index contributed by atoms with van der Waals surface area (Å²) in [6.07, 6.45) is 2.60. The predicted molar refractivity (Wildman–Crippen MR) is 128 cm³/mol. The van der Waals surface area contributed by atoms with E-state index < -0.39 is 23.0 Å². The van der Waals surface area contributed by atoms with Crippen molar-refractivity contribution in [1.82, 2.24) is 10.2 Å². The van der Waals surface area contributed by atoms with Crippen LogP contribution in [0.4, 0.5) is 4.39 Å². The van der Waals surface area contributed by atoms with E-state index in [2.05, 4.69) is 10.2 Å². The van der Waals surface area contributed by atoms with Gasteiger partial charge in [0.2, 0.25) is 0 Å². The van der Waals surface area contributed by atoms with Gasteiger partial charge in [0.05, 0.1) is 16.6 Å². The molecule has 2 bridgehead atoms. The number of likely N-dealkylation sites (tertiary alicyclic amines) is 1. The molecule has 2 aliphatic heterocycles. The van der Waals surface area contributed by atoms with Crippen LogP contribution >= 0.6 is 0 Å². The third-order valence-corrected chi connectivity index (χ3v) is 9.16. The van der Waals surface area contributed by atoms with Crippen molar-refractivity contribution in [1.29, 1.82) is 0 Å². The Balaban J connectivity index is 1.29. The maximum atomic E-state index is 13.4. The van der Waals surface area contributed by atoms with Gasteiger partial charge in [-0.1, -0.05) is 18.2 Å². The highest BCUT2D eigenvalue weighted by molar-refractivity contribution is 5.95. The van der Waals surface area contributed by atoms with Crippen LogP contribution in [0, 0.1) is 11.7 Å². The number of phenols is 1. The first-order valence-corrected chi connectivity index (χ1v) is 12.7. The van der Waals surface area contributed by atoms with Gasteiger partial charge in [-0.2, -0.15) is 0 Å². The zero-order valence-electron chi connectivity index (χ0n) is 19.8. The Kier molecular flexibility index (Phi) is 4.58. The summed E-state index contributed by atoms with van der Waals surface area (Å²) in [6.45, 7) is 1.83. The number of ether oxygens (including phenoxy) is 1. The maximum absolute atomic E-state index is 13.4. The second kappa shape index (κ2) is 7.46. The first kappa shape index (κ1) is 22.1. The molecule has 1 saturated carbocycles. The lowest BCUT2D eigenvalue weighted by Crippen LogP contribution is -2.75. The molecule has 36 heavy (non-hydrogen) atoms. The van der Waals surface area contributed by atoms with Gasteiger partial charge in [0.15, 0.2) is 17.6 Å². The van der Waals surface area contributed by atoms with Gasteiger partial charge >= 0.3 is 0 Å². The van der Waals surface area contributed by atoms with Crippen molar-refractivity contribution in [2.75, 3.05) is 13.1 Å². The minimum atomic E-state index is -1.34.